The van der Waals surface area contributed by atoms with Crippen LogP contribution < -0.4 is 9.46 Å². The molecule has 0 saturated heterocycles. The van der Waals surface area contributed by atoms with Crippen LogP contribution in [0.2, 0.25) is 0 Å². The lowest BCUT2D eigenvalue weighted by Gasteiger charge is -2.16. The summed E-state index contributed by atoms with van der Waals surface area (Å²) in [6.45, 7) is 1.60. The van der Waals surface area contributed by atoms with Crippen molar-refractivity contribution in [2.45, 2.75) is 18.4 Å². The first-order valence-corrected chi connectivity index (χ1v) is 11.9. The third kappa shape index (κ3) is 5.30. The van der Waals surface area contributed by atoms with Crippen LogP contribution in [0.4, 0.5) is 0 Å². The smallest absolute Gasteiger partial charge is 0.264 e. The molecule has 4 aromatic rings. The van der Waals surface area contributed by atoms with Crippen LogP contribution in [0.1, 0.15) is 12.5 Å². The number of hydrogen-bond donors (Lipinski definition) is 1. The van der Waals surface area contributed by atoms with E-state index >= 15 is 0 Å². The normalized spacial score (nSPS) is 11.1. The number of nitrogens with one attached hydrogen (secondary N) is 1. The van der Waals surface area contributed by atoms with Crippen molar-refractivity contribution in [2.75, 3.05) is 0 Å². The van der Waals surface area contributed by atoms with Crippen LogP contribution in [-0.4, -0.2) is 14.3 Å². The number of carbonyl (C=O) groups is 1. The van der Waals surface area contributed by atoms with Gasteiger partial charge in [0.1, 0.15) is 12.4 Å². The van der Waals surface area contributed by atoms with Crippen molar-refractivity contribution in [1.82, 2.24) is 4.72 Å². The number of ether oxygens (including phenoxy) is 1. The number of sulfonamides is 1. The number of para-hydroxylation sites is 1. The molecule has 0 aliphatic heterocycles. The van der Waals surface area contributed by atoms with E-state index in [-0.39, 0.29) is 4.90 Å². The summed E-state index contributed by atoms with van der Waals surface area (Å²) in [7, 11) is -3.94. The second-order valence-electron chi connectivity index (χ2n) is 7.51. The Kier molecular flexibility index (Phi) is 6.56. The summed E-state index contributed by atoms with van der Waals surface area (Å²) in [6.07, 6.45) is 0. The molecule has 0 aromatic heterocycles. The average Bonchev–Trinajstić information content (AvgIpc) is 2.83. The minimum absolute atomic E-state index is 0.0265. The fourth-order valence-corrected chi connectivity index (χ4v) is 4.64. The first-order chi connectivity index (χ1) is 15.9. The predicted molar refractivity (Wildman–Crippen MR) is 129 cm³/mol. The molecule has 4 aromatic carbocycles. The van der Waals surface area contributed by atoms with E-state index in [2.05, 4.69) is 0 Å². The van der Waals surface area contributed by atoms with Gasteiger partial charge in [0.05, 0.1) is 4.90 Å². The van der Waals surface area contributed by atoms with Gasteiger partial charge in [-0.3, -0.25) is 4.79 Å². The van der Waals surface area contributed by atoms with Crippen molar-refractivity contribution < 1.29 is 17.9 Å². The van der Waals surface area contributed by atoms with Gasteiger partial charge in [0.15, 0.2) is 0 Å². The van der Waals surface area contributed by atoms with Crippen LogP contribution in [0.3, 0.4) is 0 Å². The Balaban J connectivity index is 1.73. The molecule has 166 valence electrons. The van der Waals surface area contributed by atoms with E-state index in [0.717, 1.165) is 33.6 Å². The summed E-state index contributed by atoms with van der Waals surface area (Å²) in [6, 6.07) is 32.0. The lowest BCUT2D eigenvalue weighted by atomic mass is 9.94. The molecule has 0 spiro atoms. The van der Waals surface area contributed by atoms with E-state index in [0.29, 0.717) is 6.61 Å². The second-order valence-corrected chi connectivity index (χ2v) is 9.19. The lowest BCUT2D eigenvalue weighted by Crippen LogP contribution is -2.28. The first-order valence-electron chi connectivity index (χ1n) is 10.4. The highest BCUT2D eigenvalue weighted by atomic mass is 32.2. The van der Waals surface area contributed by atoms with Gasteiger partial charge in [-0.15, -0.1) is 0 Å². The molecular formula is C27H23NO4S. The maximum absolute atomic E-state index is 12.5. The van der Waals surface area contributed by atoms with E-state index in [1.807, 2.05) is 89.7 Å². The molecule has 0 bridgehead atoms. The second kappa shape index (κ2) is 9.71. The van der Waals surface area contributed by atoms with Gasteiger partial charge >= 0.3 is 0 Å². The number of hydrogen-bond acceptors (Lipinski definition) is 4. The minimum Gasteiger partial charge on any atom is -0.488 e. The SMILES string of the molecule is CC(=O)NS(=O)(=O)c1cccc(-c2ccccc2-c2ccccc2OCc2ccccc2)c1. The maximum atomic E-state index is 12.5. The van der Waals surface area contributed by atoms with E-state index < -0.39 is 15.9 Å². The van der Waals surface area contributed by atoms with Crippen LogP contribution in [0.15, 0.2) is 108 Å². The average molecular weight is 458 g/mol. The molecule has 0 aliphatic rings. The third-order valence-corrected chi connectivity index (χ3v) is 6.51. The molecule has 0 unspecified atom stereocenters. The van der Waals surface area contributed by atoms with Crippen LogP contribution in [0.25, 0.3) is 22.3 Å². The Morgan fingerprint density at radius 1 is 0.758 bits per heavy atom. The van der Waals surface area contributed by atoms with Crippen LogP contribution in [-0.2, 0) is 21.4 Å². The number of carbonyl (C=O) groups excluding carboxylic acids is 1. The van der Waals surface area contributed by atoms with Crippen molar-refractivity contribution in [3.8, 4) is 28.0 Å². The molecule has 1 amide bonds. The van der Waals surface area contributed by atoms with Gasteiger partial charge in [0, 0.05) is 12.5 Å². The topological polar surface area (TPSA) is 72.5 Å². The summed E-state index contributed by atoms with van der Waals surface area (Å²) in [4.78, 5) is 11.4. The Hall–Kier alpha value is -3.90. The van der Waals surface area contributed by atoms with Gasteiger partial charge < -0.3 is 4.74 Å². The van der Waals surface area contributed by atoms with Crippen LogP contribution in [0.5, 0.6) is 5.75 Å². The van der Waals surface area contributed by atoms with Crippen molar-refractivity contribution in [2.24, 2.45) is 0 Å². The highest BCUT2D eigenvalue weighted by Gasteiger charge is 2.18. The zero-order valence-electron chi connectivity index (χ0n) is 18.1. The van der Waals surface area contributed by atoms with Crippen molar-refractivity contribution in [1.29, 1.82) is 0 Å². The summed E-state index contributed by atoms with van der Waals surface area (Å²) in [5.41, 5.74) is 4.45. The van der Waals surface area contributed by atoms with E-state index in [1.54, 1.807) is 12.1 Å². The van der Waals surface area contributed by atoms with Gasteiger partial charge in [0.2, 0.25) is 5.91 Å². The largest absolute Gasteiger partial charge is 0.488 e. The van der Waals surface area contributed by atoms with Crippen molar-refractivity contribution >= 4 is 15.9 Å². The summed E-state index contributed by atoms with van der Waals surface area (Å²) in [5, 5.41) is 0. The van der Waals surface area contributed by atoms with Crippen LogP contribution >= 0.6 is 0 Å². The summed E-state index contributed by atoms with van der Waals surface area (Å²) in [5.74, 6) is 0.0983. The van der Waals surface area contributed by atoms with E-state index in [1.165, 1.54) is 13.0 Å². The Bertz CT molecular complexity index is 1380. The van der Waals surface area contributed by atoms with Crippen molar-refractivity contribution in [3.05, 3.63) is 109 Å². The first kappa shape index (κ1) is 22.3. The molecule has 33 heavy (non-hydrogen) atoms. The van der Waals surface area contributed by atoms with E-state index in [9.17, 15) is 13.2 Å². The molecule has 0 saturated carbocycles. The fourth-order valence-electron chi connectivity index (χ4n) is 3.60. The number of benzene rings is 4. The molecule has 0 heterocycles. The Morgan fingerprint density at radius 3 is 2.12 bits per heavy atom. The molecular weight excluding hydrogens is 434 g/mol. The highest BCUT2D eigenvalue weighted by Crippen LogP contribution is 2.38. The third-order valence-electron chi connectivity index (χ3n) is 5.07. The zero-order chi connectivity index (χ0) is 23.3. The number of amides is 1. The molecule has 5 nitrogen and oxygen atoms in total. The maximum Gasteiger partial charge on any atom is 0.264 e. The van der Waals surface area contributed by atoms with Gasteiger partial charge in [-0.05, 0) is 40.5 Å². The Morgan fingerprint density at radius 2 is 1.39 bits per heavy atom. The molecule has 1 N–H and O–H groups in total. The van der Waals surface area contributed by atoms with Crippen LogP contribution in [0, 0.1) is 0 Å². The zero-order valence-corrected chi connectivity index (χ0v) is 18.9. The molecule has 4 rings (SSSR count). The molecule has 0 fully saturated rings. The standard InChI is InChI=1S/C27H23NO4S/c1-20(29)28-33(30,31)23-13-9-12-22(18-23)24-14-5-6-15-25(24)26-16-7-8-17-27(26)32-19-21-10-3-2-4-11-21/h2-18H,19H2,1H3,(H,28,29). The Labute approximate surface area is 193 Å². The van der Waals surface area contributed by atoms with E-state index in [4.69, 9.17) is 4.74 Å². The molecule has 0 aliphatic carbocycles. The predicted octanol–water partition coefficient (Wildman–Crippen LogP) is 5.42. The fraction of sp³-hybridized carbons (Fsp3) is 0.0741. The van der Waals surface area contributed by atoms with Crippen molar-refractivity contribution in [3.63, 3.8) is 0 Å². The van der Waals surface area contributed by atoms with Gasteiger partial charge in [-0.2, -0.15) is 0 Å². The highest BCUT2D eigenvalue weighted by molar-refractivity contribution is 7.90. The number of rotatable bonds is 7. The van der Waals surface area contributed by atoms with Gasteiger partial charge in [0.25, 0.3) is 10.0 Å². The minimum atomic E-state index is -3.94. The quantitative estimate of drug-likeness (QED) is 0.402. The molecule has 6 heteroatoms. The monoisotopic (exact) mass is 457 g/mol. The van der Waals surface area contributed by atoms with Gasteiger partial charge in [-0.25, -0.2) is 13.1 Å². The molecule has 0 radical (unpaired) electrons. The molecule has 0 atom stereocenters. The summed E-state index contributed by atoms with van der Waals surface area (Å²) < 4.78 is 33.2. The lowest BCUT2D eigenvalue weighted by molar-refractivity contribution is -0.117. The van der Waals surface area contributed by atoms with Gasteiger partial charge in [-0.1, -0.05) is 84.9 Å². The summed E-state index contributed by atoms with van der Waals surface area (Å²) >= 11 is 0.